The lowest BCUT2D eigenvalue weighted by Gasteiger charge is -1.96. The molecule has 2 aromatic heterocycles. The summed E-state index contributed by atoms with van der Waals surface area (Å²) in [6.45, 7) is 2.13. The molecule has 2 rings (SSSR count). The zero-order chi connectivity index (χ0) is 8.39. The third-order valence-electron chi connectivity index (χ3n) is 1.49. The minimum atomic E-state index is 1.34. The highest BCUT2D eigenvalue weighted by molar-refractivity contribution is 7.99. The van der Waals surface area contributed by atoms with Crippen LogP contribution in [0.2, 0.25) is 0 Å². The summed E-state index contributed by atoms with van der Waals surface area (Å²) in [5.74, 6) is 0. The van der Waals surface area contributed by atoms with E-state index in [1.54, 1.807) is 11.9 Å². The number of rotatable bonds is 2. The third kappa shape index (κ3) is 1.73. The van der Waals surface area contributed by atoms with Crippen molar-refractivity contribution in [3.63, 3.8) is 0 Å². The Morgan fingerprint density at radius 3 is 2.58 bits per heavy atom. The molecule has 2 aromatic rings. The lowest BCUT2D eigenvalue weighted by atomic mass is 10.5. The van der Waals surface area contributed by atoms with Crippen LogP contribution < -0.4 is 0 Å². The minimum Gasteiger partial charge on any atom is -0.294 e. The van der Waals surface area contributed by atoms with Crippen LogP contribution in [0.25, 0.3) is 0 Å². The Balaban J connectivity index is 2.14. The van der Waals surface area contributed by atoms with Gasteiger partial charge in [0.1, 0.15) is 0 Å². The molecule has 0 atom stereocenters. The van der Waals surface area contributed by atoms with Gasteiger partial charge in [-0.05, 0) is 31.2 Å². The molecule has 0 aliphatic carbocycles. The average molecular weight is 195 g/mol. The summed E-state index contributed by atoms with van der Waals surface area (Å²) in [5.41, 5.74) is 0. The molecule has 1 nitrogen and oxygen atoms in total. The molecule has 3 heteroatoms. The quantitative estimate of drug-likeness (QED) is 0.711. The predicted molar refractivity (Wildman–Crippen MR) is 54.7 cm³/mol. The Morgan fingerprint density at radius 2 is 2.00 bits per heavy atom. The second kappa shape index (κ2) is 3.37. The van der Waals surface area contributed by atoms with Gasteiger partial charge in [-0.25, -0.2) is 0 Å². The summed E-state index contributed by atoms with van der Waals surface area (Å²) in [6.07, 6.45) is 4.11. The molecular formula is C9H9NS2. The molecule has 0 unspecified atom stereocenters. The second-order valence-electron chi connectivity index (χ2n) is 2.50. The highest BCUT2D eigenvalue weighted by Gasteiger charge is 1.97. The van der Waals surface area contributed by atoms with Gasteiger partial charge in [-0.1, -0.05) is 0 Å². The summed E-state index contributed by atoms with van der Waals surface area (Å²) in [4.78, 5) is 1.37. The SMILES string of the molecule is Cc1ccc(Sn2cccc2)s1. The van der Waals surface area contributed by atoms with Gasteiger partial charge in [0.25, 0.3) is 0 Å². The van der Waals surface area contributed by atoms with Gasteiger partial charge in [-0.3, -0.25) is 3.97 Å². The van der Waals surface area contributed by atoms with Crippen molar-refractivity contribution in [2.75, 3.05) is 0 Å². The van der Waals surface area contributed by atoms with Crippen molar-refractivity contribution in [1.29, 1.82) is 0 Å². The van der Waals surface area contributed by atoms with E-state index < -0.39 is 0 Å². The standard InChI is InChI=1S/C9H9NS2/c1-8-4-5-9(11-8)12-10-6-2-3-7-10/h2-7H,1H3. The molecule has 0 fully saturated rings. The van der Waals surface area contributed by atoms with E-state index in [0.717, 1.165) is 0 Å². The van der Waals surface area contributed by atoms with E-state index in [1.165, 1.54) is 9.09 Å². The van der Waals surface area contributed by atoms with Gasteiger partial charge in [0.05, 0.1) is 4.21 Å². The zero-order valence-corrected chi connectivity index (χ0v) is 8.36. The van der Waals surface area contributed by atoms with Crippen LogP contribution in [0.4, 0.5) is 0 Å². The van der Waals surface area contributed by atoms with E-state index in [2.05, 4.69) is 35.4 Å². The molecule has 0 saturated carbocycles. The first-order valence-electron chi connectivity index (χ1n) is 3.72. The monoisotopic (exact) mass is 195 g/mol. The Labute approximate surface area is 80.2 Å². The fourth-order valence-corrected chi connectivity index (χ4v) is 2.93. The lowest BCUT2D eigenvalue weighted by Crippen LogP contribution is -1.75. The highest BCUT2D eigenvalue weighted by Crippen LogP contribution is 2.27. The molecule has 2 heterocycles. The van der Waals surface area contributed by atoms with Gasteiger partial charge in [-0.15, -0.1) is 11.3 Å². The van der Waals surface area contributed by atoms with E-state index in [0.29, 0.717) is 0 Å². The van der Waals surface area contributed by atoms with Gasteiger partial charge >= 0.3 is 0 Å². The normalized spacial score (nSPS) is 10.4. The average Bonchev–Trinajstić information content (AvgIpc) is 2.63. The van der Waals surface area contributed by atoms with Crippen molar-refractivity contribution >= 4 is 23.3 Å². The number of hydrogen-bond acceptors (Lipinski definition) is 2. The molecule has 0 radical (unpaired) electrons. The van der Waals surface area contributed by atoms with Crippen molar-refractivity contribution in [3.05, 3.63) is 41.5 Å². The van der Waals surface area contributed by atoms with E-state index in [9.17, 15) is 0 Å². The molecule has 0 bridgehead atoms. The molecule has 0 aliphatic heterocycles. The maximum absolute atomic E-state index is 2.16. The topological polar surface area (TPSA) is 4.93 Å². The van der Waals surface area contributed by atoms with E-state index in [-0.39, 0.29) is 0 Å². The molecule has 0 N–H and O–H groups in total. The van der Waals surface area contributed by atoms with Gasteiger partial charge in [0.2, 0.25) is 0 Å². The molecule has 12 heavy (non-hydrogen) atoms. The van der Waals surface area contributed by atoms with Crippen LogP contribution in [0, 0.1) is 6.92 Å². The van der Waals surface area contributed by atoms with Crippen molar-refractivity contribution in [2.24, 2.45) is 0 Å². The lowest BCUT2D eigenvalue weighted by molar-refractivity contribution is 1.28. The molecule has 0 aliphatic rings. The number of thiophene rings is 1. The number of hydrogen-bond donors (Lipinski definition) is 0. The van der Waals surface area contributed by atoms with Crippen molar-refractivity contribution < 1.29 is 0 Å². The predicted octanol–water partition coefficient (Wildman–Crippen LogP) is 3.41. The first-order valence-corrected chi connectivity index (χ1v) is 5.31. The second-order valence-corrected chi connectivity index (χ2v) is 5.09. The fraction of sp³-hybridized carbons (Fsp3) is 0.111. The van der Waals surface area contributed by atoms with Crippen molar-refractivity contribution in [2.45, 2.75) is 11.1 Å². The minimum absolute atomic E-state index is 1.34. The van der Waals surface area contributed by atoms with Crippen LogP contribution in [-0.2, 0) is 0 Å². The van der Waals surface area contributed by atoms with Crippen LogP contribution >= 0.6 is 23.3 Å². The third-order valence-corrected chi connectivity index (χ3v) is 3.53. The molecule has 62 valence electrons. The zero-order valence-electron chi connectivity index (χ0n) is 6.73. The summed E-state index contributed by atoms with van der Waals surface area (Å²) in [5, 5.41) is 0. The van der Waals surface area contributed by atoms with E-state index in [4.69, 9.17) is 0 Å². The Kier molecular flexibility index (Phi) is 2.23. The van der Waals surface area contributed by atoms with Gasteiger partial charge in [0, 0.05) is 29.2 Å². The molecule has 0 amide bonds. The number of aryl methyl sites for hydroxylation is 1. The van der Waals surface area contributed by atoms with E-state index in [1.807, 2.05) is 23.5 Å². The van der Waals surface area contributed by atoms with Crippen LogP contribution in [0.1, 0.15) is 4.88 Å². The molecule has 0 spiro atoms. The van der Waals surface area contributed by atoms with Gasteiger partial charge in [0.15, 0.2) is 0 Å². The van der Waals surface area contributed by atoms with Gasteiger partial charge in [-0.2, -0.15) is 0 Å². The van der Waals surface area contributed by atoms with Crippen molar-refractivity contribution in [3.8, 4) is 0 Å². The Morgan fingerprint density at radius 1 is 1.25 bits per heavy atom. The van der Waals surface area contributed by atoms with Crippen LogP contribution in [0.5, 0.6) is 0 Å². The Bertz CT molecular complexity index is 348. The molecular weight excluding hydrogens is 186 g/mol. The Hall–Kier alpha value is -0.670. The number of aromatic nitrogens is 1. The smallest absolute Gasteiger partial charge is 0.0816 e. The highest BCUT2D eigenvalue weighted by atomic mass is 32.2. The van der Waals surface area contributed by atoms with Gasteiger partial charge < -0.3 is 0 Å². The maximum atomic E-state index is 2.16. The van der Waals surface area contributed by atoms with Crippen molar-refractivity contribution in [1.82, 2.24) is 3.97 Å². The summed E-state index contributed by atoms with van der Waals surface area (Å²) in [6, 6.07) is 8.38. The summed E-state index contributed by atoms with van der Waals surface area (Å²) >= 11 is 3.58. The fourth-order valence-electron chi connectivity index (χ4n) is 0.945. The van der Waals surface area contributed by atoms with Crippen LogP contribution in [-0.4, -0.2) is 3.97 Å². The summed E-state index contributed by atoms with van der Waals surface area (Å²) in [7, 11) is 0. The van der Waals surface area contributed by atoms with E-state index >= 15 is 0 Å². The summed E-state index contributed by atoms with van der Waals surface area (Å²) < 4.78 is 3.44. The molecule has 0 aromatic carbocycles. The molecule has 0 saturated heterocycles. The largest absolute Gasteiger partial charge is 0.294 e. The van der Waals surface area contributed by atoms with Crippen LogP contribution in [0.15, 0.2) is 40.9 Å². The maximum Gasteiger partial charge on any atom is 0.0816 e. The van der Waals surface area contributed by atoms with Crippen LogP contribution in [0.3, 0.4) is 0 Å². The first kappa shape index (κ1) is 7.95. The number of nitrogens with zero attached hydrogens (tertiary/aromatic N) is 1. The first-order chi connectivity index (χ1) is 5.84.